The Morgan fingerprint density at radius 1 is 1.42 bits per heavy atom. The lowest BCUT2D eigenvalue weighted by atomic mass is 9.82. The molecule has 0 saturated heterocycles. The molecule has 1 aromatic rings. The summed E-state index contributed by atoms with van der Waals surface area (Å²) in [6.07, 6.45) is 5.41. The highest BCUT2D eigenvalue weighted by Gasteiger charge is 2.32. The van der Waals surface area contributed by atoms with Crippen molar-refractivity contribution in [3.63, 3.8) is 0 Å². The second kappa shape index (κ2) is 5.59. The number of pyridine rings is 1. The van der Waals surface area contributed by atoms with Gasteiger partial charge in [-0.1, -0.05) is 6.42 Å². The van der Waals surface area contributed by atoms with Gasteiger partial charge in [-0.3, -0.25) is 4.98 Å². The number of hydrogen-bond acceptors (Lipinski definition) is 4. The fourth-order valence-corrected chi connectivity index (χ4v) is 4.07. The Kier molecular flexibility index (Phi) is 4.26. The maximum absolute atomic E-state index is 11.7. The van der Waals surface area contributed by atoms with Crippen molar-refractivity contribution in [3.05, 3.63) is 29.6 Å². The van der Waals surface area contributed by atoms with E-state index in [0.29, 0.717) is 6.42 Å². The molecule has 0 aliphatic heterocycles. The Morgan fingerprint density at radius 2 is 2.16 bits per heavy atom. The molecule has 2 rings (SSSR count). The van der Waals surface area contributed by atoms with E-state index in [1.54, 1.807) is 6.20 Å². The third kappa shape index (κ3) is 3.54. The zero-order valence-corrected chi connectivity index (χ0v) is 12.2. The Bertz CT molecular complexity index is 541. The summed E-state index contributed by atoms with van der Waals surface area (Å²) in [4.78, 5) is 4.11. The van der Waals surface area contributed by atoms with Gasteiger partial charge in [0.15, 0.2) is 0 Å². The quantitative estimate of drug-likeness (QED) is 0.921. The van der Waals surface area contributed by atoms with Gasteiger partial charge in [0.25, 0.3) is 0 Å². The Morgan fingerprint density at radius 3 is 2.79 bits per heavy atom. The molecule has 106 valence electrons. The number of nitrogens with zero attached hydrogens (tertiary/aromatic N) is 1. The second-order valence-corrected chi connectivity index (χ2v) is 7.88. The largest absolute Gasteiger partial charge is 0.388 e. The predicted octanol–water partition coefficient (Wildman–Crippen LogP) is 2.03. The molecular formula is C14H21NO3S. The predicted molar refractivity (Wildman–Crippen MR) is 74.5 cm³/mol. The number of aliphatic hydroxyl groups is 1. The molecule has 1 aromatic heterocycles. The van der Waals surface area contributed by atoms with Crippen molar-refractivity contribution >= 4 is 9.84 Å². The van der Waals surface area contributed by atoms with E-state index >= 15 is 0 Å². The van der Waals surface area contributed by atoms with Gasteiger partial charge in [0.1, 0.15) is 9.84 Å². The van der Waals surface area contributed by atoms with Crippen LogP contribution in [0.25, 0.3) is 0 Å². The topological polar surface area (TPSA) is 67.3 Å². The van der Waals surface area contributed by atoms with Crippen molar-refractivity contribution in [2.75, 3.05) is 6.26 Å². The van der Waals surface area contributed by atoms with Crippen LogP contribution in [0.1, 0.15) is 43.0 Å². The van der Waals surface area contributed by atoms with E-state index in [2.05, 4.69) is 4.98 Å². The van der Waals surface area contributed by atoms with E-state index in [4.69, 9.17) is 0 Å². The van der Waals surface area contributed by atoms with Crippen LogP contribution in [-0.2, 0) is 9.84 Å². The number of aryl methyl sites for hydroxylation is 1. The van der Waals surface area contributed by atoms with Gasteiger partial charge in [-0.25, -0.2) is 8.42 Å². The van der Waals surface area contributed by atoms with Crippen LogP contribution < -0.4 is 0 Å². The zero-order valence-electron chi connectivity index (χ0n) is 11.4. The average molecular weight is 283 g/mol. The molecule has 1 aliphatic carbocycles. The summed E-state index contributed by atoms with van der Waals surface area (Å²) >= 11 is 0. The maximum Gasteiger partial charge on any atom is 0.150 e. The van der Waals surface area contributed by atoms with Crippen LogP contribution in [0.15, 0.2) is 18.3 Å². The molecule has 1 saturated carbocycles. The van der Waals surface area contributed by atoms with Crippen LogP contribution in [0.3, 0.4) is 0 Å². The lowest BCUT2D eigenvalue weighted by Gasteiger charge is -2.31. The van der Waals surface area contributed by atoms with Gasteiger partial charge in [-0.2, -0.15) is 0 Å². The van der Waals surface area contributed by atoms with Gasteiger partial charge in [0, 0.05) is 18.1 Å². The van der Waals surface area contributed by atoms with Crippen LogP contribution in [0.2, 0.25) is 0 Å². The first-order chi connectivity index (χ1) is 8.88. The first-order valence-electron chi connectivity index (χ1n) is 6.67. The molecule has 4 nitrogen and oxygen atoms in total. The standard InChI is InChI=1S/C14H21NO3S/c1-10-8-12(6-7-15-10)14(16)11-4-3-5-13(9-11)19(2,17)18/h6-8,11,13-14,16H,3-5,9H2,1-2H3. The van der Waals surface area contributed by atoms with Crippen molar-refractivity contribution in [1.82, 2.24) is 4.98 Å². The molecule has 0 radical (unpaired) electrons. The molecule has 0 aromatic carbocycles. The first-order valence-corrected chi connectivity index (χ1v) is 8.63. The van der Waals surface area contributed by atoms with E-state index in [1.807, 2.05) is 19.1 Å². The van der Waals surface area contributed by atoms with Gasteiger partial charge < -0.3 is 5.11 Å². The van der Waals surface area contributed by atoms with E-state index in [0.717, 1.165) is 30.5 Å². The average Bonchev–Trinajstić information content (AvgIpc) is 2.37. The Balaban J connectivity index is 2.13. The zero-order chi connectivity index (χ0) is 14.0. The highest BCUT2D eigenvalue weighted by atomic mass is 32.2. The minimum absolute atomic E-state index is 0.0234. The number of sulfone groups is 1. The minimum atomic E-state index is -3.01. The minimum Gasteiger partial charge on any atom is -0.388 e. The van der Waals surface area contributed by atoms with Gasteiger partial charge in [0.05, 0.1) is 11.4 Å². The van der Waals surface area contributed by atoms with Crippen LogP contribution in [0, 0.1) is 12.8 Å². The maximum atomic E-state index is 11.7. The summed E-state index contributed by atoms with van der Waals surface area (Å²) in [6, 6.07) is 3.68. The van der Waals surface area contributed by atoms with E-state index in [-0.39, 0.29) is 11.2 Å². The molecule has 1 aliphatic rings. The van der Waals surface area contributed by atoms with Crippen LogP contribution in [-0.4, -0.2) is 30.0 Å². The van der Waals surface area contributed by atoms with Crippen molar-refractivity contribution in [1.29, 1.82) is 0 Å². The third-order valence-electron chi connectivity index (χ3n) is 3.98. The van der Waals surface area contributed by atoms with Crippen LogP contribution in [0.5, 0.6) is 0 Å². The molecule has 19 heavy (non-hydrogen) atoms. The molecule has 1 heterocycles. The SMILES string of the molecule is Cc1cc(C(O)C2CCCC(S(C)(=O)=O)C2)ccn1. The summed E-state index contributed by atoms with van der Waals surface area (Å²) in [5.74, 6) is 0.0234. The first kappa shape index (κ1) is 14.5. The summed E-state index contributed by atoms with van der Waals surface area (Å²) in [7, 11) is -3.01. The number of rotatable bonds is 3. The molecule has 0 amide bonds. The monoisotopic (exact) mass is 283 g/mol. The fourth-order valence-electron chi connectivity index (χ4n) is 2.88. The van der Waals surface area contributed by atoms with Gasteiger partial charge in [0.2, 0.25) is 0 Å². The number of aliphatic hydroxyl groups excluding tert-OH is 1. The Labute approximate surface area is 114 Å². The molecule has 1 fully saturated rings. The molecular weight excluding hydrogens is 262 g/mol. The molecule has 1 N–H and O–H groups in total. The molecule has 0 spiro atoms. The summed E-state index contributed by atoms with van der Waals surface area (Å²) in [6.45, 7) is 1.89. The summed E-state index contributed by atoms with van der Waals surface area (Å²) in [5.41, 5.74) is 1.71. The van der Waals surface area contributed by atoms with Crippen molar-refractivity contribution in [2.24, 2.45) is 5.92 Å². The molecule has 3 atom stereocenters. The van der Waals surface area contributed by atoms with Crippen LogP contribution >= 0.6 is 0 Å². The summed E-state index contributed by atoms with van der Waals surface area (Å²) < 4.78 is 23.3. The normalized spacial score (nSPS) is 26.1. The third-order valence-corrected chi connectivity index (χ3v) is 5.62. The lowest BCUT2D eigenvalue weighted by Crippen LogP contribution is -2.30. The van der Waals surface area contributed by atoms with E-state index < -0.39 is 15.9 Å². The molecule has 3 unspecified atom stereocenters. The highest BCUT2D eigenvalue weighted by molar-refractivity contribution is 7.91. The molecule has 0 bridgehead atoms. The van der Waals surface area contributed by atoms with Crippen molar-refractivity contribution in [3.8, 4) is 0 Å². The van der Waals surface area contributed by atoms with E-state index in [9.17, 15) is 13.5 Å². The van der Waals surface area contributed by atoms with Gasteiger partial charge in [-0.05, 0) is 49.8 Å². The number of hydrogen-bond donors (Lipinski definition) is 1. The van der Waals surface area contributed by atoms with Gasteiger partial charge >= 0.3 is 0 Å². The van der Waals surface area contributed by atoms with Gasteiger partial charge in [-0.15, -0.1) is 0 Å². The lowest BCUT2D eigenvalue weighted by molar-refractivity contribution is 0.0856. The summed E-state index contributed by atoms with van der Waals surface area (Å²) in [5, 5.41) is 10.1. The Hall–Kier alpha value is -0.940. The van der Waals surface area contributed by atoms with E-state index in [1.165, 1.54) is 6.26 Å². The highest BCUT2D eigenvalue weighted by Crippen LogP contribution is 2.36. The molecule has 5 heteroatoms. The van der Waals surface area contributed by atoms with Crippen molar-refractivity contribution in [2.45, 2.75) is 44.0 Å². The second-order valence-electron chi connectivity index (χ2n) is 5.55. The van der Waals surface area contributed by atoms with Crippen molar-refractivity contribution < 1.29 is 13.5 Å². The number of aromatic nitrogens is 1. The van der Waals surface area contributed by atoms with Crippen LogP contribution in [0.4, 0.5) is 0 Å². The fraction of sp³-hybridized carbons (Fsp3) is 0.643. The smallest absolute Gasteiger partial charge is 0.150 e.